The molecule has 0 bridgehead atoms. The van der Waals surface area contributed by atoms with Crippen LogP contribution in [-0.2, 0) is 9.47 Å². The fraction of sp³-hybridized carbons (Fsp3) is 0.526. The number of methoxy groups -OCH3 is 1. The van der Waals surface area contributed by atoms with Crippen LogP contribution < -0.4 is 15.4 Å². The molecule has 13 nitrogen and oxygen atoms in total. The second-order valence-electron chi connectivity index (χ2n) is 13.1. The van der Waals surface area contributed by atoms with Crippen LogP contribution in [0.15, 0.2) is 36.7 Å². The molecule has 0 fully saturated rings. The van der Waals surface area contributed by atoms with Crippen LogP contribution in [0.2, 0.25) is 0 Å². The molecule has 0 radical (unpaired) electrons. The highest BCUT2D eigenvalue weighted by Gasteiger charge is 2.26. The highest BCUT2D eigenvalue weighted by molar-refractivity contribution is 6.15. The van der Waals surface area contributed by atoms with Crippen molar-refractivity contribution in [3.8, 4) is 11.7 Å². The highest BCUT2D eigenvalue weighted by Crippen LogP contribution is 2.31. The van der Waals surface area contributed by atoms with E-state index >= 15 is 0 Å². The van der Waals surface area contributed by atoms with Gasteiger partial charge in [0.05, 0.1) is 25.0 Å². The predicted molar refractivity (Wildman–Crippen MR) is 197 cm³/mol. The predicted octanol–water partition coefficient (Wildman–Crippen LogP) is 7.56. The molecule has 51 heavy (non-hydrogen) atoms. The van der Waals surface area contributed by atoms with Crippen molar-refractivity contribution in [3.63, 3.8) is 0 Å². The fourth-order valence-electron chi connectivity index (χ4n) is 5.82. The Morgan fingerprint density at radius 2 is 1.57 bits per heavy atom. The SMILES string of the molecule is CCCCCCCCCCCCOCCOC(=O)n1cc2cc(C)c(NC(=O)c3cc(OC)nn3-c3ncccc3C)c(C(=O)NC(C)C)c2n1. The molecule has 276 valence electrons. The molecular formula is C38H53N7O6. The van der Waals surface area contributed by atoms with Gasteiger partial charge in [0.25, 0.3) is 11.8 Å². The Balaban J connectivity index is 1.42. The number of hydrogen-bond acceptors (Lipinski definition) is 9. The lowest BCUT2D eigenvalue weighted by Crippen LogP contribution is -2.31. The molecule has 0 saturated carbocycles. The van der Waals surface area contributed by atoms with E-state index in [-0.39, 0.29) is 47.6 Å². The summed E-state index contributed by atoms with van der Waals surface area (Å²) in [5.74, 6) is -0.331. The lowest BCUT2D eigenvalue weighted by atomic mass is 10.0. The normalized spacial score (nSPS) is 11.3. The Morgan fingerprint density at radius 1 is 0.863 bits per heavy atom. The monoisotopic (exact) mass is 703 g/mol. The quantitative estimate of drug-likeness (QED) is 0.0889. The van der Waals surface area contributed by atoms with Gasteiger partial charge in [-0.3, -0.25) is 9.59 Å². The summed E-state index contributed by atoms with van der Waals surface area (Å²) in [6, 6.07) is 6.70. The lowest BCUT2D eigenvalue weighted by molar-refractivity contribution is 0.0703. The molecule has 0 spiro atoms. The average Bonchev–Trinajstić information content (AvgIpc) is 3.73. The number of nitrogens with one attached hydrogen (secondary N) is 2. The summed E-state index contributed by atoms with van der Waals surface area (Å²) >= 11 is 0. The average molecular weight is 704 g/mol. The van der Waals surface area contributed by atoms with Gasteiger partial charge in [-0.25, -0.2) is 14.5 Å². The van der Waals surface area contributed by atoms with Crippen molar-refractivity contribution in [1.29, 1.82) is 0 Å². The minimum Gasteiger partial charge on any atom is -0.480 e. The molecule has 0 aliphatic rings. The van der Waals surface area contributed by atoms with Gasteiger partial charge in [-0.1, -0.05) is 70.8 Å². The second kappa shape index (κ2) is 19.6. The molecule has 3 aromatic heterocycles. The third-order valence-electron chi connectivity index (χ3n) is 8.47. The Labute approximate surface area is 300 Å². The van der Waals surface area contributed by atoms with E-state index in [1.165, 1.54) is 75.4 Å². The topological polar surface area (TPSA) is 151 Å². The van der Waals surface area contributed by atoms with Gasteiger partial charge in [-0.05, 0) is 57.4 Å². The summed E-state index contributed by atoms with van der Waals surface area (Å²) in [4.78, 5) is 44.9. The number of aryl methyl sites for hydroxylation is 2. The first-order valence-corrected chi connectivity index (χ1v) is 18.1. The lowest BCUT2D eigenvalue weighted by Gasteiger charge is -2.16. The Morgan fingerprint density at radius 3 is 2.24 bits per heavy atom. The zero-order valence-electron chi connectivity index (χ0n) is 30.9. The molecule has 0 aliphatic carbocycles. The van der Waals surface area contributed by atoms with Crippen LogP contribution in [0, 0.1) is 13.8 Å². The zero-order valence-corrected chi connectivity index (χ0v) is 30.9. The van der Waals surface area contributed by atoms with E-state index in [0.29, 0.717) is 23.4 Å². The number of benzene rings is 1. The van der Waals surface area contributed by atoms with E-state index in [1.54, 1.807) is 25.3 Å². The van der Waals surface area contributed by atoms with E-state index in [9.17, 15) is 14.4 Å². The molecule has 0 unspecified atom stereocenters. The van der Waals surface area contributed by atoms with E-state index in [2.05, 4.69) is 32.7 Å². The van der Waals surface area contributed by atoms with Crippen LogP contribution in [-0.4, -0.2) is 75.4 Å². The minimum absolute atomic E-state index is 0.0702. The van der Waals surface area contributed by atoms with Crippen molar-refractivity contribution in [2.24, 2.45) is 0 Å². The molecule has 1 aromatic carbocycles. The largest absolute Gasteiger partial charge is 0.480 e. The van der Waals surface area contributed by atoms with Crippen molar-refractivity contribution < 1.29 is 28.6 Å². The number of rotatable bonds is 20. The van der Waals surface area contributed by atoms with E-state index < -0.39 is 17.9 Å². The van der Waals surface area contributed by atoms with Gasteiger partial charge in [0, 0.05) is 36.5 Å². The number of hydrogen-bond donors (Lipinski definition) is 2. The highest BCUT2D eigenvalue weighted by atomic mass is 16.6. The number of fused-ring (bicyclic) bond motifs is 1. The Hall–Kier alpha value is -4.78. The van der Waals surface area contributed by atoms with Gasteiger partial charge in [0.2, 0.25) is 5.88 Å². The van der Waals surface area contributed by atoms with Crippen molar-refractivity contribution in [1.82, 2.24) is 29.9 Å². The van der Waals surface area contributed by atoms with Gasteiger partial charge in [-0.15, -0.1) is 5.10 Å². The number of aromatic nitrogens is 5. The second-order valence-corrected chi connectivity index (χ2v) is 13.1. The van der Waals surface area contributed by atoms with Gasteiger partial charge >= 0.3 is 6.09 Å². The van der Waals surface area contributed by atoms with Gasteiger partial charge in [-0.2, -0.15) is 9.78 Å². The van der Waals surface area contributed by atoms with E-state index in [0.717, 1.165) is 23.1 Å². The summed E-state index contributed by atoms with van der Waals surface area (Å²) in [6.07, 6.45) is 14.9. The fourth-order valence-corrected chi connectivity index (χ4v) is 5.82. The standard InChI is InChI=1S/C38H53N7O6/c1-7-8-9-10-11-12-13-14-15-16-20-50-21-22-51-38(48)44-25-29-23-28(5)33(32(34(29)43-44)37(47)40-26(2)3)41-36(46)30-24-31(49-6)42-45(30)35-27(4)18-17-19-39-35/h17-19,23-26H,7-16,20-22H2,1-6H3,(H,40,47)(H,41,46). The van der Waals surface area contributed by atoms with Crippen LogP contribution in [0.1, 0.15) is 117 Å². The molecule has 2 amide bonds. The molecule has 0 saturated heterocycles. The molecule has 0 atom stereocenters. The maximum atomic E-state index is 13.9. The molecule has 2 N–H and O–H groups in total. The molecular weight excluding hydrogens is 650 g/mol. The number of carbonyl (C=O) groups excluding carboxylic acids is 3. The summed E-state index contributed by atoms with van der Waals surface area (Å²) < 4.78 is 18.9. The molecule has 0 aliphatic heterocycles. The minimum atomic E-state index is -0.700. The maximum Gasteiger partial charge on any atom is 0.434 e. The smallest absolute Gasteiger partial charge is 0.434 e. The number of ether oxygens (including phenoxy) is 3. The van der Waals surface area contributed by atoms with Crippen molar-refractivity contribution in [2.75, 3.05) is 32.2 Å². The van der Waals surface area contributed by atoms with Crippen LogP contribution >= 0.6 is 0 Å². The Kier molecular flexibility index (Phi) is 15.0. The maximum absolute atomic E-state index is 13.9. The summed E-state index contributed by atoms with van der Waals surface area (Å²) in [5.41, 5.74) is 2.12. The summed E-state index contributed by atoms with van der Waals surface area (Å²) in [5, 5.41) is 15.2. The first kappa shape index (κ1) is 39.0. The van der Waals surface area contributed by atoms with Gasteiger partial charge < -0.3 is 24.8 Å². The van der Waals surface area contributed by atoms with E-state index in [4.69, 9.17) is 14.2 Å². The van der Waals surface area contributed by atoms with Crippen LogP contribution in [0.25, 0.3) is 16.7 Å². The van der Waals surface area contributed by atoms with Crippen LogP contribution in [0.4, 0.5) is 10.5 Å². The molecule has 4 rings (SSSR count). The van der Waals surface area contributed by atoms with Crippen LogP contribution in [0.5, 0.6) is 5.88 Å². The third-order valence-corrected chi connectivity index (χ3v) is 8.47. The van der Waals surface area contributed by atoms with Crippen LogP contribution in [0.3, 0.4) is 0 Å². The molecule has 13 heteroatoms. The van der Waals surface area contributed by atoms with Gasteiger partial charge in [0.1, 0.15) is 17.8 Å². The van der Waals surface area contributed by atoms with E-state index in [1.807, 2.05) is 26.8 Å². The zero-order chi connectivity index (χ0) is 36.8. The van der Waals surface area contributed by atoms with Crippen molar-refractivity contribution in [3.05, 3.63) is 59.0 Å². The third kappa shape index (κ3) is 10.9. The molecule has 4 aromatic rings. The Bertz CT molecular complexity index is 1760. The van der Waals surface area contributed by atoms with Crippen molar-refractivity contribution >= 4 is 34.5 Å². The van der Waals surface area contributed by atoms with Crippen molar-refractivity contribution in [2.45, 2.75) is 105 Å². The van der Waals surface area contributed by atoms with Gasteiger partial charge in [0.15, 0.2) is 5.82 Å². The first-order chi connectivity index (χ1) is 24.6. The number of carbonyl (C=O) groups is 3. The number of amides is 2. The number of unbranched alkanes of at least 4 members (excludes halogenated alkanes) is 9. The number of anilines is 1. The number of nitrogens with zero attached hydrogens (tertiary/aromatic N) is 5. The summed E-state index contributed by atoms with van der Waals surface area (Å²) in [7, 11) is 1.46. The summed E-state index contributed by atoms with van der Waals surface area (Å²) in [6.45, 7) is 10.5. The molecule has 3 heterocycles. The number of pyridine rings is 1. The first-order valence-electron chi connectivity index (χ1n) is 18.1.